The third-order valence-corrected chi connectivity index (χ3v) is 7.73. The molecule has 1 aliphatic carbocycles. The fourth-order valence-corrected chi connectivity index (χ4v) is 5.40. The van der Waals surface area contributed by atoms with Crippen molar-refractivity contribution in [1.82, 2.24) is 19.6 Å². The molecule has 1 saturated heterocycles. The zero-order valence-corrected chi connectivity index (χ0v) is 19.9. The first kappa shape index (κ1) is 22.5. The fraction of sp³-hybridized carbons (Fsp3) is 0.360. The summed E-state index contributed by atoms with van der Waals surface area (Å²) in [6, 6.07) is 10.5. The Bertz CT molecular complexity index is 1240. The molecule has 7 nitrogen and oxygen atoms in total. The monoisotopic (exact) mass is 479 g/mol. The number of hydrogen-bond donors (Lipinski definition) is 2. The van der Waals surface area contributed by atoms with Crippen molar-refractivity contribution in [1.29, 1.82) is 0 Å². The lowest BCUT2D eigenvalue weighted by Gasteiger charge is -2.28. The van der Waals surface area contributed by atoms with Crippen molar-refractivity contribution in [2.75, 3.05) is 25.5 Å². The molecule has 34 heavy (non-hydrogen) atoms. The van der Waals surface area contributed by atoms with Crippen molar-refractivity contribution in [3.63, 3.8) is 0 Å². The van der Waals surface area contributed by atoms with E-state index in [1.807, 2.05) is 18.2 Å². The average molecular weight is 480 g/mol. The van der Waals surface area contributed by atoms with E-state index in [4.69, 9.17) is 0 Å². The van der Waals surface area contributed by atoms with Gasteiger partial charge in [-0.1, -0.05) is 18.2 Å². The summed E-state index contributed by atoms with van der Waals surface area (Å²) in [5, 5.41) is 6.36. The number of aryl methyl sites for hydroxylation is 1. The lowest BCUT2D eigenvalue weighted by atomic mass is 9.80. The third-order valence-electron chi connectivity index (χ3n) is 6.86. The van der Waals surface area contributed by atoms with Gasteiger partial charge in [0, 0.05) is 20.1 Å². The van der Waals surface area contributed by atoms with E-state index in [2.05, 4.69) is 20.0 Å². The minimum absolute atomic E-state index is 0.252. The van der Waals surface area contributed by atoms with Crippen molar-refractivity contribution >= 4 is 29.2 Å². The first-order valence-corrected chi connectivity index (χ1v) is 12.1. The molecule has 5 rings (SSSR count). The summed E-state index contributed by atoms with van der Waals surface area (Å²) in [7, 11) is 1.57. The molecule has 2 heterocycles. The van der Waals surface area contributed by atoms with Gasteiger partial charge in [0.2, 0.25) is 0 Å². The molecule has 2 aromatic carbocycles. The highest BCUT2D eigenvalue weighted by atomic mass is 32.1. The molecule has 2 fully saturated rings. The molecule has 176 valence electrons. The van der Waals surface area contributed by atoms with Crippen molar-refractivity contribution in [3.05, 3.63) is 75.8 Å². The van der Waals surface area contributed by atoms with Crippen LogP contribution in [0.2, 0.25) is 0 Å². The molecule has 9 heteroatoms. The van der Waals surface area contributed by atoms with Gasteiger partial charge in [0.25, 0.3) is 5.91 Å². The Hall–Kier alpha value is -3.33. The summed E-state index contributed by atoms with van der Waals surface area (Å²) in [5.41, 5.74) is 2.78. The standard InChI is InChI=1S/C25H26FN5O2S/c1-15-3-7-18(12-20(15)26)25(23-28-14-29-34-23)9-10-31(13-25)24(33)30-21-11-17(16-4-5-16)6-8-19(21)22(32)27-2/h3,6-8,11-12,14,16H,4-5,9-10,13H2,1-2H3,(H,27,32)(H,30,33)/t25-/m0/s1. The highest BCUT2D eigenvalue weighted by Gasteiger charge is 2.45. The number of hydrogen-bond acceptors (Lipinski definition) is 5. The molecule has 1 aromatic heterocycles. The number of carbonyl (C=O) groups is 2. The van der Waals surface area contributed by atoms with Gasteiger partial charge in [-0.15, -0.1) is 0 Å². The van der Waals surface area contributed by atoms with Crippen molar-refractivity contribution in [2.24, 2.45) is 0 Å². The number of rotatable bonds is 5. The van der Waals surface area contributed by atoms with Gasteiger partial charge in [0.05, 0.1) is 16.7 Å². The first-order chi connectivity index (χ1) is 16.4. The second-order valence-corrected chi connectivity index (χ2v) is 9.83. The normalized spacial score (nSPS) is 19.8. The molecule has 2 aliphatic rings. The Morgan fingerprint density at radius 1 is 1.21 bits per heavy atom. The number of anilines is 1. The van der Waals surface area contributed by atoms with Gasteiger partial charge in [-0.3, -0.25) is 4.79 Å². The zero-order chi connectivity index (χ0) is 23.9. The molecule has 0 unspecified atom stereocenters. The number of carbonyl (C=O) groups excluding carboxylic acids is 2. The highest BCUT2D eigenvalue weighted by Crippen LogP contribution is 2.43. The Kier molecular flexibility index (Phi) is 5.81. The summed E-state index contributed by atoms with van der Waals surface area (Å²) in [4.78, 5) is 31.9. The fourth-order valence-electron chi connectivity index (χ4n) is 4.65. The molecule has 3 amide bonds. The van der Waals surface area contributed by atoms with E-state index < -0.39 is 5.41 Å². The summed E-state index contributed by atoms with van der Waals surface area (Å²) in [6.45, 7) is 2.54. The Balaban J connectivity index is 1.43. The van der Waals surface area contributed by atoms with Gasteiger partial charge >= 0.3 is 6.03 Å². The average Bonchev–Trinajstić information content (AvgIpc) is 3.34. The lowest BCUT2D eigenvalue weighted by Crippen LogP contribution is -2.38. The molecule has 0 radical (unpaired) electrons. The number of amides is 3. The number of likely N-dealkylation sites (tertiary alicyclic amines) is 1. The summed E-state index contributed by atoms with van der Waals surface area (Å²) in [5.74, 6) is -0.0449. The van der Waals surface area contributed by atoms with Gasteiger partial charge < -0.3 is 15.5 Å². The minimum Gasteiger partial charge on any atom is -0.355 e. The van der Waals surface area contributed by atoms with Crippen LogP contribution in [0.25, 0.3) is 0 Å². The molecule has 2 N–H and O–H groups in total. The molecular formula is C25H26FN5O2S. The molecule has 1 aliphatic heterocycles. The predicted molar refractivity (Wildman–Crippen MR) is 129 cm³/mol. The summed E-state index contributed by atoms with van der Waals surface area (Å²) >= 11 is 1.27. The van der Waals surface area contributed by atoms with Gasteiger partial charge in [-0.25, -0.2) is 14.2 Å². The molecule has 1 saturated carbocycles. The predicted octanol–water partition coefficient (Wildman–Crippen LogP) is 4.45. The van der Waals surface area contributed by atoms with Crippen LogP contribution in [0, 0.1) is 12.7 Å². The van der Waals surface area contributed by atoms with Gasteiger partial charge in [0.15, 0.2) is 0 Å². The van der Waals surface area contributed by atoms with Crippen LogP contribution >= 0.6 is 11.5 Å². The first-order valence-electron chi connectivity index (χ1n) is 11.4. The van der Waals surface area contributed by atoms with Gasteiger partial charge in [-0.05, 0) is 78.5 Å². The SMILES string of the molecule is CNC(=O)c1ccc(C2CC2)cc1NC(=O)N1CC[C@](c2ccc(C)c(F)c2)(c2ncns2)C1. The van der Waals surface area contributed by atoms with Crippen molar-refractivity contribution in [3.8, 4) is 0 Å². The van der Waals surface area contributed by atoms with E-state index in [-0.39, 0.29) is 17.8 Å². The maximum Gasteiger partial charge on any atom is 0.321 e. The number of aromatic nitrogens is 2. The molecular weight excluding hydrogens is 453 g/mol. The van der Waals surface area contributed by atoms with E-state index in [9.17, 15) is 14.0 Å². The maximum absolute atomic E-state index is 14.5. The molecule has 3 aromatic rings. The number of benzene rings is 2. The quantitative estimate of drug-likeness (QED) is 0.566. The minimum atomic E-state index is -0.632. The number of nitrogens with one attached hydrogen (secondary N) is 2. The van der Waals surface area contributed by atoms with E-state index >= 15 is 0 Å². The van der Waals surface area contributed by atoms with Crippen LogP contribution in [0.15, 0.2) is 42.7 Å². The topological polar surface area (TPSA) is 87.2 Å². The van der Waals surface area contributed by atoms with Crippen LogP contribution < -0.4 is 10.6 Å². The van der Waals surface area contributed by atoms with Crippen LogP contribution in [-0.4, -0.2) is 46.3 Å². The van der Waals surface area contributed by atoms with E-state index in [0.29, 0.717) is 42.2 Å². The van der Waals surface area contributed by atoms with Gasteiger partial charge in [0.1, 0.15) is 17.2 Å². The Labute approximate surface area is 201 Å². The molecule has 0 bridgehead atoms. The van der Waals surface area contributed by atoms with Crippen LogP contribution in [0.1, 0.15) is 57.2 Å². The zero-order valence-electron chi connectivity index (χ0n) is 19.1. The Morgan fingerprint density at radius 2 is 2.03 bits per heavy atom. The maximum atomic E-state index is 14.5. The van der Waals surface area contributed by atoms with Gasteiger partial charge in [-0.2, -0.15) is 4.37 Å². The third kappa shape index (κ3) is 4.04. The van der Waals surface area contributed by atoms with E-state index in [0.717, 1.165) is 29.0 Å². The van der Waals surface area contributed by atoms with E-state index in [1.165, 1.54) is 17.9 Å². The van der Waals surface area contributed by atoms with Crippen LogP contribution in [0.5, 0.6) is 0 Å². The number of halogens is 1. The largest absolute Gasteiger partial charge is 0.355 e. The Morgan fingerprint density at radius 3 is 2.71 bits per heavy atom. The number of urea groups is 1. The lowest BCUT2D eigenvalue weighted by molar-refractivity contribution is 0.0964. The smallest absolute Gasteiger partial charge is 0.321 e. The molecule has 1 atom stereocenters. The highest BCUT2D eigenvalue weighted by molar-refractivity contribution is 7.05. The van der Waals surface area contributed by atoms with Crippen LogP contribution in [0.3, 0.4) is 0 Å². The molecule has 0 spiro atoms. The van der Waals surface area contributed by atoms with Crippen molar-refractivity contribution in [2.45, 2.75) is 37.5 Å². The second kappa shape index (κ2) is 8.79. The second-order valence-electron chi connectivity index (χ2n) is 9.05. The summed E-state index contributed by atoms with van der Waals surface area (Å²) in [6.07, 6.45) is 4.34. The number of nitrogens with zero attached hydrogens (tertiary/aromatic N) is 3. The van der Waals surface area contributed by atoms with E-state index in [1.54, 1.807) is 37.1 Å². The van der Waals surface area contributed by atoms with Crippen LogP contribution in [0.4, 0.5) is 14.9 Å². The van der Waals surface area contributed by atoms with Crippen LogP contribution in [-0.2, 0) is 5.41 Å². The van der Waals surface area contributed by atoms with Crippen molar-refractivity contribution < 1.29 is 14.0 Å². The summed E-state index contributed by atoms with van der Waals surface area (Å²) < 4.78 is 18.6.